The van der Waals surface area contributed by atoms with Gasteiger partial charge in [0.05, 0.1) is 6.54 Å². The molecular weight excluding hydrogens is 328 g/mol. The molecule has 6 nitrogen and oxygen atoms in total. The molecule has 1 aromatic carbocycles. The third kappa shape index (κ3) is 3.64. The van der Waals surface area contributed by atoms with Crippen LogP contribution in [-0.2, 0) is 13.1 Å². The zero-order valence-electron chi connectivity index (χ0n) is 15.3. The molecular formula is C20H24N4O2. The van der Waals surface area contributed by atoms with E-state index in [4.69, 9.17) is 0 Å². The van der Waals surface area contributed by atoms with Gasteiger partial charge in [-0.1, -0.05) is 30.3 Å². The fourth-order valence-corrected chi connectivity index (χ4v) is 3.34. The van der Waals surface area contributed by atoms with E-state index in [1.54, 1.807) is 6.92 Å². The lowest BCUT2D eigenvalue weighted by molar-refractivity contribution is 0.146. The maximum atomic E-state index is 12.7. The van der Waals surface area contributed by atoms with Gasteiger partial charge in [-0.25, -0.2) is 0 Å². The normalized spacial score (nSPS) is 15.7. The highest BCUT2D eigenvalue weighted by Gasteiger charge is 2.22. The van der Waals surface area contributed by atoms with Gasteiger partial charge in [-0.05, 0) is 25.1 Å². The first-order chi connectivity index (χ1) is 12.5. The molecule has 1 fully saturated rings. The largest absolute Gasteiger partial charge is 0.494 e. The predicted molar refractivity (Wildman–Crippen MR) is 100 cm³/mol. The van der Waals surface area contributed by atoms with Crippen molar-refractivity contribution in [3.8, 4) is 11.9 Å². The number of aromatic nitrogens is 1. The maximum absolute atomic E-state index is 12.7. The van der Waals surface area contributed by atoms with E-state index in [1.807, 2.05) is 36.4 Å². The number of hydrogen-bond acceptors (Lipinski definition) is 5. The third-order valence-electron chi connectivity index (χ3n) is 5.09. The topological polar surface area (TPSA) is 72.5 Å². The molecule has 0 spiro atoms. The maximum Gasteiger partial charge on any atom is 0.271 e. The van der Waals surface area contributed by atoms with Gasteiger partial charge < -0.3 is 10.0 Å². The van der Waals surface area contributed by atoms with E-state index >= 15 is 0 Å². The Bertz CT molecular complexity index is 875. The van der Waals surface area contributed by atoms with Crippen LogP contribution in [0.5, 0.6) is 5.88 Å². The van der Waals surface area contributed by atoms with Crippen LogP contribution in [-0.4, -0.2) is 52.7 Å². The number of aromatic hydroxyl groups is 1. The minimum absolute atomic E-state index is 0.0331. The highest BCUT2D eigenvalue weighted by atomic mass is 16.3. The first kappa shape index (κ1) is 18.2. The zero-order valence-corrected chi connectivity index (χ0v) is 15.3. The highest BCUT2D eigenvalue weighted by Crippen LogP contribution is 2.24. The van der Waals surface area contributed by atoms with Gasteiger partial charge in [-0.3, -0.25) is 14.3 Å². The number of nitriles is 1. The van der Waals surface area contributed by atoms with Gasteiger partial charge in [-0.2, -0.15) is 5.26 Å². The van der Waals surface area contributed by atoms with Crippen molar-refractivity contribution in [1.29, 1.82) is 5.26 Å². The van der Waals surface area contributed by atoms with Gasteiger partial charge in [0.15, 0.2) is 5.88 Å². The standard InChI is InChI=1S/C20H24N4O2/c1-15-17(12-21)19(25)24(13-16-6-4-3-5-7-16)20(26)18(15)14-23-10-8-22(2)9-11-23/h3-7,26H,8-11,13-14H2,1-2H3. The zero-order chi connectivity index (χ0) is 18.7. The number of benzene rings is 1. The van der Waals surface area contributed by atoms with Crippen LogP contribution >= 0.6 is 0 Å². The molecule has 136 valence electrons. The van der Waals surface area contributed by atoms with Gasteiger partial charge in [0.1, 0.15) is 11.6 Å². The van der Waals surface area contributed by atoms with Crippen LogP contribution in [0.2, 0.25) is 0 Å². The van der Waals surface area contributed by atoms with E-state index in [0.29, 0.717) is 17.7 Å². The molecule has 0 aliphatic carbocycles. The Hall–Kier alpha value is -2.62. The molecule has 0 atom stereocenters. The molecule has 1 N–H and O–H groups in total. The van der Waals surface area contributed by atoms with Crippen molar-refractivity contribution in [2.75, 3.05) is 33.2 Å². The van der Waals surface area contributed by atoms with E-state index in [0.717, 1.165) is 31.7 Å². The fourth-order valence-electron chi connectivity index (χ4n) is 3.34. The van der Waals surface area contributed by atoms with Crippen molar-refractivity contribution in [3.05, 3.63) is 62.9 Å². The molecule has 1 aliphatic heterocycles. The molecule has 1 aliphatic rings. The minimum Gasteiger partial charge on any atom is -0.494 e. The summed E-state index contributed by atoms with van der Waals surface area (Å²) >= 11 is 0. The fraction of sp³-hybridized carbons (Fsp3) is 0.400. The lowest BCUT2D eigenvalue weighted by Crippen LogP contribution is -2.44. The Labute approximate surface area is 153 Å². The van der Waals surface area contributed by atoms with E-state index in [-0.39, 0.29) is 18.0 Å². The first-order valence-electron chi connectivity index (χ1n) is 8.81. The van der Waals surface area contributed by atoms with E-state index in [9.17, 15) is 15.2 Å². The van der Waals surface area contributed by atoms with Crippen LogP contribution in [0.4, 0.5) is 0 Å². The molecule has 2 aromatic rings. The smallest absolute Gasteiger partial charge is 0.271 e. The van der Waals surface area contributed by atoms with E-state index < -0.39 is 5.56 Å². The molecule has 1 saturated heterocycles. The lowest BCUT2D eigenvalue weighted by atomic mass is 10.0. The molecule has 1 aromatic heterocycles. The second-order valence-electron chi connectivity index (χ2n) is 6.87. The van der Waals surface area contributed by atoms with Crippen LogP contribution in [0.3, 0.4) is 0 Å². The summed E-state index contributed by atoms with van der Waals surface area (Å²) in [5.74, 6) is -0.0331. The molecule has 2 heterocycles. The molecule has 26 heavy (non-hydrogen) atoms. The Balaban J connectivity index is 2.00. The summed E-state index contributed by atoms with van der Waals surface area (Å²) in [7, 11) is 2.09. The average Bonchev–Trinajstić information content (AvgIpc) is 2.65. The summed E-state index contributed by atoms with van der Waals surface area (Å²) in [6.45, 7) is 6.26. The Kier molecular flexibility index (Phi) is 5.40. The molecule has 0 radical (unpaired) electrons. The Morgan fingerprint density at radius 2 is 1.77 bits per heavy atom. The van der Waals surface area contributed by atoms with Crippen LogP contribution < -0.4 is 5.56 Å². The summed E-state index contributed by atoms with van der Waals surface area (Å²) in [6, 6.07) is 11.5. The number of likely N-dealkylation sites (N-methyl/N-ethyl adjacent to an activating group) is 1. The van der Waals surface area contributed by atoms with Crippen LogP contribution in [0.15, 0.2) is 35.1 Å². The molecule has 0 unspecified atom stereocenters. The summed E-state index contributed by atoms with van der Waals surface area (Å²) in [5, 5.41) is 20.3. The summed E-state index contributed by atoms with van der Waals surface area (Å²) in [4.78, 5) is 17.2. The predicted octanol–water partition coefficient (Wildman–Crippen LogP) is 1.53. The Morgan fingerprint density at radius 1 is 1.12 bits per heavy atom. The van der Waals surface area contributed by atoms with Gasteiger partial charge >= 0.3 is 0 Å². The van der Waals surface area contributed by atoms with Crippen molar-refractivity contribution in [2.45, 2.75) is 20.0 Å². The van der Waals surface area contributed by atoms with Crippen molar-refractivity contribution >= 4 is 0 Å². The monoisotopic (exact) mass is 352 g/mol. The second-order valence-corrected chi connectivity index (χ2v) is 6.87. The number of piperazine rings is 1. The molecule has 3 rings (SSSR count). The molecule has 6 heteroatoms. The highest BCUT2D eigenvalue weighted by molar-refractivity contribution is 5.45. The van der Waals surface area contributed by atoms with Crippen LogP contribution in [0.1, 0.15) is 22.3 Å². The van der Waals surface area contributed by atoms with Gasteiger partial charge in [0, 0.05) is 38.3 Å². The van der Waals surface area contributed by atoms with E-state index in [1.165, 1.54) is 4.57 Å². The summed E-state index contributed by atoms with van der Waals surface area (Å²) in [6.07, 6.45) is 0. The number of hydrogen-bond donors (Lipinski definition) is 1. The van der Waals surface area contributed by atoms with Crippen LogP contribution in [0.25, 0.3) is 0 Å². The van der Waals surface area contributed by atoms with Crippen molar-refractivity contribution in [1.82, 2.24) is 14.4 Å². The quantitative estimate of drug-likeness (QED) is 0.903. The van der Waals surface area contributed by atoms with E-state index in [2.05, 4.69) is 16.8 Å². The Morgan fingerprint density at radius 3 is 2.38 bits per heavy atom. The van der Waals surface area contributed by atoms with Crippen LogP contribution in [0, 0.1) is 18.3 Å². The number of pyridine rings is 1. The van der Waals surface area contributed by atoms with Crippen molar-refractivity contribution in [2.24, 2.45) is 0 Å². The SMILES string of the molecule is Cc1c(CN2CCN(C)CC2)c(O)n(Cc2ccccc2)c(=O)c1C#N. The summed E-state index contributed by atoms with van der Waals surface area (Å²) < 4.78 is 1.31. The van der Waals surface area contributed by atoms with Gasteiger partial charge in [-0.15, -0.1) is 0 Å². The summed E-state index contributed by atoms with van der Waals surface area (Å²) in [5.41, 5.74) is 1.83. The number of nitrogens with zero attached hydrogens (tertiary/aromatic N) is 4. The second kappa shape index (κ2) is 7.73. The number of rotatable bonds is 4. The average molecular weight is 352 g/mol. The minimum atomic E-state index is -0.437. The van der Waals surface area contributed by atoms with Gasteiger partial charge in [0.25, 0.3) is 5.56 Å². The molecule has 0 saturated carbocycles. The van der Waals surface area contributed by atoms with Crippen molar-refractivity contribution < 1.29 is 5.11 Å². The molecule has 0 amide bonds. The first-order valence-corrected chi connectivity index (χ1v) is 8.81. The van der Waals surface area contributed by atoms with Crippen molar-refractivity contribution in [3.63, 3.8) is 0 Å². The molecule has 0 bridgehead atoms. The lowest BCUT2D eigenvalue weighted by Gasteiger charge is -2.33. The van der Waals surface area contributed by atoms with Gasteiger partial charge in [0.2, 0.25) is 0 Å². The third-order valence-corrected chi connectivity index (χ3v) is 5.09.